The Labute approximate surface area is 69.1 Å². The first-order valence-corrected chi connectivity index (χ1v) is 4.33. The Balaban J connectivity index is 2.71. The van der Waals surface area contributed by atoms with Gasteiger partial charge in [0.15, 0.2) is 0 Å². The van der Waals surface area contributed by atoms with E-state index >= 15 is 0 Å². The van der Waals surface area contributed by atoms with Gasteiger partial charge < -0.3 is 5.11 Å². The molecular weight excluding hydrogens is 136 g/mol. The number of rotatable bonds is 1. The smallest absolute Gasteiger partial charge is 0.0487 e. The SMILES string of the molecule is CC1=C(C)CC(C)(CO)CC1. The van der Waals surface area contributed by atoms with Crippen molar-refractivity contribution in [1.82, 2.24) is 0 Å². The number of aliphatic hydroxyl groups is 1. The molecule has 0 aromatic carbocycles. The fourth-order valence-electron chi connectivity index (χ4n) is 1.72. The van der Waals surface area contributed by atoms with Gasteiger partial charge in [0.2, 0.25) is 0 Å². The average molecular weight is 154 g/mol. The first kappa shape index (κ1) is 8.79. The number of aliphatic hydroxyl groups excluding tert-OH is 1. The van der Waals surface area contributed by atoms with Crippen molar-refractivity contribution in [3.63, 3.8) is 0 Å². The molecule has 0 fully saturated rings. The van der Waals surface area contributed by atoms with Crippen molar-refractivity contribution in [3.05, 3.63) is 11.1 Å². The summed E-state index contributed by atoms with van der Waals surface area (Å²) in [6.45, 7) is 6.88. The van der Waals surface area contributed by atoms with E-state index in [2.05, 4.69) is 20.8 Å². The topological polar surface area (TPSA) is 20.2 Å². The predicted molar refractivity (Wildman–Crippen MR) is 47.4 cm³/mol. The van der Waals surface area contributed by atoms with Crippen molar-refractivity contribution in [2.45, 2.75) is 40.0 Å². The highest BCUT2D eigenvalue weighted by Gasteiger charge is 2.27. The van der Waals surface area contributed by atoms with E-state index in [0.717, 1.165) is 12.8 Å². The van der Waals surface area contributed by atoms with Gasteiger partial charge in [0, 0.05) is 6.61 Å². The highest BCUT2D eigenvalue weighted by atomic mass is 16.3. The molecule has 0 spiro atoms. The molecule has 1 aliphatic rings. The minimum absolute atomic E-state index is 0.170. The molecule has 1 heteroatoms. The van der Waals surface area contributed by atoms with E-state index < -0.39 is 0 Å². The van der Waals surface area contributed by atoms with Crippen molar-refractivity contribution >= 4 is 0 Å². The fourth-order valence-corrected chi connectivity index (χ4v) is 1.72. The second kappa shape index (κ2) is 2.98. The number of allylic oxidation sites excluding steroid dienone is 2. The Hall–Kier alpha value is -0.300. The Morgan fingerprint density at radius 3 is 2.45 bits per heavy atom. The van der Waals surface area contributed by atoms with Gasteiger partial charge in [-0.3, -0.25) is 0 Å². The van der Waals surface area contributed by atoms with Gasteiger partial charge in [0.1, 0.15) is 0 Å². The number of hydrogen-bond donors (Lipinski definition) is 1. The minimum Gasteiger partial charge on any atom is -0.396 e. The molecule has 1 atom stereocenters. The van der Waals surface area contributed by atoms with Crippen LogP contribution in [0.5, 0.6) is 0 Å². The molecule has 0 aromatic rings. The van der Waals surface area contributed by atoms with Crippen LogP contribution in [-0.4, -0.2) is 11.7 Å². The summed E-state index contributed by atoms with van der Waals surface area (Å²) in [5.74, 6) is 0. The Morgan fingerprint density at radius 2 is 2.00 bits per heavy atom. The molecule has 1 unspecified atom stereocenters. The average Bonchev–Trinajstić information content (AvgIpc) is 1.98. The lowest BCUT2D eigenvalue weighted by atomic mass is 9.74. The molecule has 1 N–H and O–H groups in total. The molecular formula is C10H18O. The lowest BCUT2D eigenvalue weighted by Crippen LogP contribution is -2.25. The van der Waals surface area contributed by atoms with Gasteiger partial charge >= 0.3 is 0 Å². The summed E-state index contributed by atoms with van der Waals surface area (Å²) in [5.41, 5.74) is 3.17. The van der Waals surface area contributed by atoms with Crippen molar-refractivity contribution < 1.29 is 5.11 Å². The molecule has 0 aliphatic heterocycles. The summed E-state index contributed by atoms with van der Waals surface area (Å²) in [7, 11) is 0. The zero-order chi connectivity index (χ0) is 8.48. The second-order valence-electron chi connectivity index (χ2n) is 4.21. The van der Waals surface area contributed by atoms with Crippen molar-refractivity contribution in [3.8, 4) is 0 Å². The Morgan fingerprint density at radius 1 is 1.36 bits per heavy atom. The third-order valence-corrected chi connectivity index (χ3v) is 2.91. The van der Waals surface area contributed by atoms with Crippen LogP contribution in [0, 0.1) is 5.41 Å². The highest BCUT2D eigenvalue weighted by Crippen LogP contribution is 2.38. The maximum absolute atomic E-state index is 9.13. The maximum Gasteiger partial charge on any atom is 0.0487 e. The molecule has 0 saturated heterocycles. The standard InChI is InChI=1S/C10H18O/c1-8-4-5-10(3,7-11)6-9(8)2/h11H,4-7H2,1-3H3. The largest absolute Gasteiger partial charge is 0.396 e. The molecule has 0 saturated carbocycles. The van der Waals surface area contributed by atoms with Crippen LogP contribution in [0.1, 0.15) is 40.0 Å². The van der Waals surface area contributed by atoms with Gasteiger partial charge in [-0.25, -0.2) is 0 Å². The lowest BCUT2D eigenvalue weighted by molar-refractivity contribution is 0.126. The van der Waals surface area contributed by atoms with Gasteiger partial charge in [0.25, 0.3) is 0 Å². The third-order valence-electron chi connectivity index (χ3n) is 2.91. The summed E-state index contributed by atoms with van der Waals surface area (Å²) in [5, 5.41) is 9.13. The molecule has 0 amide bonds. The Bertz CT molecular complexity index is 181. The molecule has 64 valence electrons. The third kappa shape index (κ3) is 1.84. The summed E-state index contributed by atoms with van der Waals surface area (Å²) < 4.78 is 0. The van der Waals surface area contributed by atoms with Crippen LogP contribution in [0.15, 0.2) is 11.1 Å². The fraction of sp³-hybridized carbons (Fsp3) is 0.800. The van der Waals surface area contributed by atoms with E-state index in [9.17, 15) is 0 Å². The summed E-state index contributed by atoms with van der Waals surface area (Å²) in [6.07, 6.45) is 3.39. The first-order valence-electron chi connectivity index (χ1n) is 4.33. The monoisotopic (exact) mass is 154 g/mol. The van der Waals surface area contributed by atoms with E-state index in [4.69, 9.17) is 5.11 Å². The van der Waals surface area contributed by atoms with Gasteiger partial charge in [-0.15, -0.1) is 0 Å². The van der Waals surface area contributed by atoms with E-state index in [-0.39, 0.29) is 5.41 Å². The quantitative estimate of drug-likeness (QED) is 0.575. The molecule has 1 rings (SSSR count). The molecule has 0 aromatic heterocycles. The molecule has 0 heterocycles. The molecule has 0 radical (unpaired) electrons. The minimum atomic E-state index is 0.170. The zero-order valence-electron chi connectivity index (χ0n) is 7.78. The molecule has 11 heavy (non-hydrogen) atoms. The second-order valence-corrected chi connectivity index (χ2v) is 4.21. The van der Waals surface area contributed by atoms with E-state index in [1.54, 1.807) is 0 Å². The van der Waals surface area contributed by atoms with Crippen LogP contribution in [0.2, 0.25) is 0 Å². The van der Waals surface area contributed by atoms with Gasteiger partial charge in [0.05, 0.1) is 0 Å². The van der Waals surface area contributed by atoms with Gasteiger partial charge in [-0.05, 0) is 38.5 Å². The van der Waals surface area contributed by atoms with Crippen molar-refractivity contribution in [1.29, 1.82) is 0 Å². The van der Waals surface area contributed by atoms with Gasteiger partial charge in [-0.1, -0.05) is 18.1 Å². The van der Waals surface area contributed by atoms with Crippen LogP contribution < -0.4 is 0 Å². The maximum atomic E-state index is 9.13. The van der Waals surface area contributed by atoms with Crippen LogP contribution in [0.25, 0.3) is 0 Å². The predicted octanol–water partition coefficient (Wildman–Crippen LogP) is 2.51. The number of hydrogen-bond acceptors (Lipinski definition) is 1. The summed E-state index contributed by atoms with van der Waals surface area (Å²) >= 11 is 0. The van der Waals surface area contributed by atoms with Gasteiger partial charge in [-0.2, -0.15) is 0 Å². The van der Waals surface area contributed by atoms with Crippen LogP contribution in [0.4, 0.5) is 0 Å². The molecule has 0 bridgehead atoms. The van der Waals surface area contributed by atoms with E-state index in [1.807, 2.05) is 0 Å². The summed E-state index contributed by atoms with van der Waals surface area (Å²) in [4.78, 5) is 0. The highest BCUT2D eigenvalue weighted by molar-refractivity contribution is 5.15. The lowest BCUT2D eigenvalue weighted by Gasteiger charge is -2.32. The zero-order valence-corrected chi connectivity index (χ0v) is 7.78. The van der Waals surface area contributed by atoms with Crippen molar-refractivity contribution in [2.24, 2.45) is 5.41 Å². The van der Waals surface area contributed by atoms with Crippen molar-refractivity contribution in [2.75, 3.05) is 6.61 Å². The summed E-state index contributed by atoms with van der Waals surface area (Å²) in [6, 6.07) is 0. The van der Waals surface area contributed by atoms with Crippen LogP contribution in [0.3, 0.4) is 0 Å². The first-order chi connectivity index (χ1) is 5.07. The molecule has 1 aliphatic carbocycles. The van der Waals surface area contributed by atoms with E-state index in [0.29, 0.717) is 6.61 Å². The molecule has 1 nitrogen and oxygen atoms in total. The van der Waals surface area contributed by atoms with E-state index in [1.165, 1.54) is 17.6 Å². The Kier molecular flexibility index (Phi) is 2.38. The normalized spacial score (nSPS) is 32.7. The van der Waals surface area contributed by atoms with Crippen LogP contribution in [-0.2, 0) is 0 Å². The van der Waals surface area contributed by atoms with Crippen LogP contribution >= 0.6 is 0 Å².